The molecule has 0 radical (unpaired) electrons. The third-order valence-electron chi connectivity index (χ3n) is 8.25. The van der Waals surface area contributed by atoms with Crippen LogP contribution in [-0.4, -0.2) is 74.8 Å². The normalized spacial score (nSPS) is 20.4. The van der Waals surface area contributed by atoms with Gasteiger partial charge in [-0.05, 0) is 63.0 Å². The van der Waals surface area contributed by atoms with E-state index in [4.69, 9.17) is 4.74 Å². The minimum Gasteiger partial charge on any atom is -0.480 e. The summed E-state index contributed by atoms with van der Waals surface area (Å²) in [7, 11) is 0. The van der Waals surface area contributed by atoms with Gasteiger partial charge in [0.2, 0.25) is 11.8 Å². The zero-order valence-corrected chi connectivity index (χ0v) is 22.6. The first-order chi connectivity index (χ1) is 19.4. The fourth-order valence-corrected chi connectivity index (χ4v) is 5.80. The van der Waals surface area contributed by atoms with Crippen molar-refractivity contribution in [1.29, 1.82) is 0 Å². The van der Waals surface area contributed by atoms with Gasteiger partial charge in [-0.3, -0.25) is 14.4 Å². The van der Waals surface area contributed by atoms with Crippen LogP contribution >= 0.6 is 0 Å². The quantitative estimate of drug-likeness (QED) is 0.412. The maximum Gasteiger partial charge on any atom is 0.326 e. The summed E-state index contributed by atoms with van der Waals surface area (Å²) >= 11 is 0. The highest BCUT2D eigenvalue weighted by Gasteiger charge is 2.36. The number of amides is 3. The number of aromatic nitrogens is 2. The van der Waals surface area contributed by atoms with Crippen LogP contribution in [0.2, 0.25) is 0 Å². The van der Waals surface area contributed by atoms with Gasteiger partial charge in [0.15, 0.2) is 12.3 Å². The Morgan fingerprint density at radius 1 is 0.975 bits per heavy atom. The molecule has 2 atom stereocenters. The average molecular weight is 552 g/mol. The molecule has 3 N–H and O–H groups in total. The predicted molar refractivity (Wildman–Crippen MR) is 145 cm³/mol. The van der Waals surface area contributed by atoms with Crippen molar-refractivity contribution in [1.82, 2.24) is 25.3 Å². The topological polar surface area (TPSA) is 143 Å². The fraction of sp³-hybridized carbons (Fsp3) is 0.552. The molecule has 0 spiro atoms. The van der Waals surface area contributed by atoms with Gasteiger partial charge >= 0.3 is 5.97 Å². The molecule has 1 aromatic carbocycles. The van der Waals surface area contributed by atoms with Crippen LogP contribution in [-0.2, 0) is 14.4 Å². The molecule has 3 fully saturated rings. The molecule has 1 unspecified atom stereocenters. The minimum atomic E-state index is -1.06. The molecule has 11 heteroatoms. The molecule has 5 rings (SSSR count). The maximum atomic E-state index is 13.2. The summed E-state index contributed by atoms with van der Waals surface area (Å²) in [5, 5.41) is 19.9. The summed E-state index contributed by atoms with van der Waals surface area (Å²) in [6.45, 7) is 0.154. The third kappa shape index (κ3) is 6.29. The Bertz CT molecular complexity index is 1220. The van der Waals surface area contributed by atoms with Crippen LogP contribution in [0.25, 0.3) is 5.69 Å². The van der Waals surface area contributed by atoms with Crippen molar-refractivity contribution in [3.63, 3.8) is 0 Å². The Kier molecular flexibility index (Phi) is 8.66. The Labute approximate surface area is 233 Å². The molecular formula is C29H37N5O6. The summed E-state index contributed by atoms with van der Waals surface area (Å²) in [6, 6.07) is 9.14. The first-order valence-electron chi connectivity index (χ1n) is 14.3. The third-order valence-corrected chi connectivity index (χ3v) is 8.25. The molecule has 1 aromatic heterocycles. The number of carboxylic acid groups (broad SMARTS) is 1. The molecule has 3 aliphatic rings. The Balaban J connectivity index is 1.29. The Morgan fingerprint density at radius 2 is 1.73 bits per heavy atom. The van der Waals surface area contributed by atoms with Gasteiger partial charge in [0.05, 0.1) is 5.69 Å². The smallest absolute Gasteiger partial charge is 0.326 e. The number of carboxylic acids is 1. The Hall–Kier alpha value is -3.89. The lowest BCUT2D eigenvalue weighted by Gasteiger charge is -2.30. The number of carbonyl (C=O) groups excluding carboxylic acids is 3. The summed E-state index contributed by atoms with van der Waals surface area (Å²) in [5.41, 5.74) is 0.609. The molecule has 2 aromatic rings. The van der Waals surface area contributed by atoms with Gasteiger partial charge in [-0.15, -0.1) is 0 Å². The van der Waals surface area contributed by atoms with E-state index in [0.29, 0.717) is 18.7 Å². The van der Waals surface area contributed by atoms with E-state index < -0.39 is 24.0 Å². The van der Waals surface area contributed by atoms with E-state index >= 15 is 0 Å². The predicted octanol–water partition coefficient (Wildman–Crippen LogP) is 2.67. The van der Waals surface area contributed by atoms with Crippen LogP contribution in [0.5, 0.6) is 5.88 Å². The number of ether oxygens (including phenoxy) is 1. The number of rotatable bonds is 10. The van der Waals surface area contributed by atoms with Crippen molar-refractivity contribution in [2.45, 2.75) is 82.3 Å². The van der Waals surface area contributed by atoms with E-state index in [1.54, 1.807) is 17.0 Å². The first kappa shape index (κ1) is 27.7. The maximum absolute atomic E-state index is 13.2. The van der Waals surface area contributed by atoms with E-state index in [1.165, 1.54) is 10.7 Å². The fourth-order valence-electron chi connectivity index (χ4n) is 5.80. The number of carbonyl (C=O) groups is 4. The van der Waals surface area contributed by atoms with E-state index in [0.717, 1.165) is 57.8 Å². The van der Waals surface area contributed by atoms with Gasteiger partial charge in [0.25, 0.3) is 11.8 Å². The van der Waals surface area contributed by atoms with Crippen LogP contribution in [0, 0.1) is 5.92 Å². The zero-order valence-electron chi connectivity index (χ0n) is 22.6. The van der Waals surface area contributed by atoms with Crippen molar-refractivity contribution in [2.24, 2.45) is 5.92 Å². The number of hydrogen-bond acceptors (Lipinski definition) is 6. The summed E-state index contributed by atoms with van der Waals surface area (Å²) in [6.07, 6.45) is 8.88. The lowest BCUT2D eigenvalue weighted by molar-refractivity contribution is -0.141. The molecule has 2 saturated carbocycles. The number of benzene rings is 1. The van der Waals surface area contributed by atoms with Gasteiger partial charge in [0, 0.05) is 18.7 Å². The van der Waals surface area contributed by atoms with E-state index in [-0.39, 0.29) is 42.0 Å². The molecule has 2 aliphatic carbocycles. The highest BCUT2D eigenvalue weighted by molar-refractivity contribution is 5.95. The molecule has 1 aliphatic heterocycles. The van der Waals surface area contributed by atoms with E-state index in [2.05, 4.69) is 15.7 Å². The molecule has 11 nitrogen and oxygen atoms in total. The number of hydrogen-bond donors (Lipinski definition) is 3. The second-order valence-corrected chi connectivity index (χ2v) is 11.0. The SMILES string of the molecule is O=C(N[C@H](C(=O)O)C1CCCCC1)c1cc(OCC(=O)N2CCCC2C(=O)NC2CCC2)n(-c2ccccc2)n1. The zero-order chi connectivity index (χ0) is 28.1. The molecule has 1 saturated heterocycles. The standard InChI is InChI=1S/C29H37N5O6/c35-24(33-16-8-15-23(33)28(37)30-20-11-7-12-20)18-40-25-17-22(32-34(25)21-13-5-2-6-14-21)27(36)31-26(29(38)39)19-9-3-1-4-10-19/h2,5-6,13-14,17,19-20,23,26H,1,3-4,7-12,15-16,18H2,(H,30,37)(H,31,36)(H,38,39)/t23?,26-/m0/s1. The number of aliphatic carboxylic acids is 1. The van der Waals surface area contributed by atoms with Crippen LogP contribution < -0.4 is 15.4 Å². The van der Waals surface area contributed by atoms with Crippen LogP contribution in [0.1, 0.15) is 74.7 Å². The lowest BCUT2D eigenvalue weighted by Crippen LogP contribution is -2.51. The molecule has 0 bridgehead atoms. The van der Waals surface area contributed by atoms with Gasteiger partial charge in [0.1, 0.15) is 12.1 Å². The number of para-hydroxylation sites is 1. The molecule has 40 heavy (non-hydrogen) atoms. The molecule has 2 heterocycles. The first-order valence-corrected chi connectivity index (χ1v) is 14.3. The largest absolute Gasteiger partial charge is 0.480 e. The summed E-state index contributed by atoms with van der Waals surface area (Å²) in [4.78, 5) is 52.6. The minimum absolute atomic E-state index is 0.00714. The van der Waals surface area contributed by atoms with Gasteiger partial charge in [-0.2, -0.15) is 5.10 Å². The second kappa shape index (κ2) is 12.5. The summed E-state index contributed by atoms with van der Waals surface area (Å²) < 4.78 is 7.31. The van der Waals surface area contributed by atoms with Gasteiger partial charge in [-0.25, -0.2) is 9.48 Å². The summed E-state index contributed by atoms with van der Waals surface area (Å²) in [5.74, 6) is -2.07. The number of nitrogens with zero attached hydrogens (tertiary/aromatic N) is 3. The lowest BCUT2D eigenvalue weighted by atomic mass is 9.84. The highest BCUT2D eigenvalue weighted by Crippen LogP contribution is 2.28. The van der Waals surface area contributed by atoms with E-state index in [1.807, 2.05) is 18.2 Å². The highest BCUT2D eigenvalue weighted by atomic mass is 16.5. The van der Waals surface area contributed by atoms with Crippen LogP contribution in [0.4, 0.5) is 0 Å². The van der Waals surface area contributed by atoms with Gasteiger partial charge < -0.3 is 25.4 Å². The Morgan fingerprint density at radius 3 is 2.40 bits per heavy atom. The molecule has 3 amide bonds. The van der Waals surface area contributed by atoms with Gasteiger partial charge in [-0.1, -0.05) is 37.5 Å². The van der Waals surface area contributed by atoms with Crippen molar-refractivity contribution in [2.75, 3.05) is 13.2 Å². The van der Waals surface area contributed by atoms with Crippen molar-refractivity contribution >= 4 is 23.7 Å². The molecule has 214 valence electrons. The molecular weight excluding hydrogens is 514 g/mol. The van der Waals surface area contributed by atoms with Crippen molar-refractivity contribution in [3.8, 4) is 11.6 Å². The van der Waals surface area contributed by atoms with Crippen molar-refractivity contribution < 1.29 is 29.0 Å². The van der Waals surface area contributed by atoms with Crippen molar-refractivity contribution in [3.05, 3.63) is 42.1 Å². The average Bonchev–Trinajstić information content (AvgIpc) is 3.61. The van der Waals surface area contributed by atoms with Crippen LogP contribution in [0.3, 0.4) is 0 Å². The second-order valence-electron chi connectivity index (χ2n) is 11.0. The number of likely N-dealkylation sites (tertiary alicyclic amines) is 1. The van der Waals surface area contributed by atoms with Crippen LogP contribution in [0.15, 0.2) is 36.4 Å². The number of nitrogens with one attached hydrogen (secondary N) is 2. The van der Waals surface area contributed by atoms with E-state index in [9.17, 15) is 24.3 Å². The monoisotopic (exact) mass is 551 g/mol.